The average Bonchev–Trinajstić information content (AvgIpc) is 3.27. The molecule has 0 unspecified atom stereocenters. The molecule has 0 fully saturated rings. The Morgan fingerprint density at radius 1 is 1.24 bits per heavy atom. The number of amides is 1. The van der Waals surface area contributed by atoms with Gasteiger partial charge in [0.1, 0.15) is 18.2 Å². The first kappa shape index (κ1) is 22.6. The fourth-order valence-electron chi connectivity index (χ4n) is 3.69. The molecule has 10 heteroatoms. The van der Waals surface area contributed by atoms with Gasteiger partial charge in [-0.05, 0) is 37.3 Å². The fourth-order valence-corrected chi connectivity index (χ4v) is 3.69. The first-order chi connectivity index (χ1) is 15.6. The van der Waals surface area contributed by atoms with E-state index in [9.17, 15) is 18.0 Å². The standard InChI is InChI=1S/C23H23F3N4O3/c1-13(2)21-27-12-30(28-21)15-8-9-19(32-4)16(10-15)22(31)29-11-14(3)33-20-17(23(24,25)26)6-5-7-18(20)29/h5-10,12-14H,11H2,1-4H3/t14-/m0/s1. The van der Waals surface area contributed by atoms with E-state index in [2.05, 4.69) is 10.1 Å². The average molecular weight is 460 g/mol. The maximum Gasteiger partial charge on any atom is 0.420 e. The van der Waals surface area contributed by atoms with Crippen LogP contribution in [0.4, 0.5) is 18.9 Å². The molecule has 7 nitrogen and oxygen atoms in total. The van der Waals surface area contributed by atoms with Crippen LogP contribution in [0.25, 0.3) is 5.69 Å². The lowest BCUT2D eigenvalue weighted by molar-refractivity contribution is -0.139. The number of benzene rings is 2. The molecule has 3 aromatic rings. The van der Waals surface area contributed by atoms with Crippen LogP contribution >= 0.6 is 0 Å². The van der Waals surface area contributed by atoms with Gasteiger partial charge >= 0.3 is 6.18 Å². The highest BCUT2D eigenvalue weighted by atomic mass is 19.4. The van der Waals surface area contributed by atoms with E-state index < -0.39 is 23.8 Å². The lowest BCUT2D eigenvalue weighted by Gasteiger charge is -2.35. The minimum absolute atomic E-state index is 0.0585. The van der Waals surface area contributed by atoms with Gasteiger partial charge in [0.2, 0.25) is 0 Å². The summed E-state index contributed by atoms with van der Waals surface area (Å²) >= 11 is 0. The van der Waals surface area contributed by atoms with Crippen molar-refractivity contribution in [3.05, 3.63) is 59.7 Å². The summed E-state index contributed by atoms with van der Waals surface area (Å²) in [5.74, 6) is 0.202. The second-order valence-corrected chi connectivity index (χ2v) is 8.08. The number of ether oxygens (including phenoxy) is 2. The van der Waals surface area contributed by atoms with E-state index in [-0.39, 0.29) is 29.5 Å². The number of methoxy groups -OCH3 is 1. The van der Waals surface area contributed by atoms with Crippen LogP contribution in [0.2, 0.25) is 0 Å². The van der Waals surface area contributed by atoms with Crippen LogP contribution < -0.4 is 14.4 Å². The molecule has 0 aliphatic carbocycles. The second kappa shape index (κ2) is 8.42. The topological polar surface area (TPSA) is 69.5 Å². The van der Waals surface area contributed by atoms with E-state index >= 15 is 0 Å². The fraction of sp³-hybridized carbons (Fsp3) is 0.348. The summed E-state index contributed by atoms with van der Waals surface area (Å²) in [6.07, 6.45) is -3.70. The maximum atomic E-state index is 13.6. The number of halogens is 3. The lowest BCUT2D eigenvalue weighted by atomic mass is 10.1. The molecule has 0 spiro atoms. The number of rotatable bonds is 4. The Bertz CT molecular complexity index is 1190. The summed E-state index contributed by atoms with van der Waals surface area (Å²) in [5.41, 5.74) is -0.102. The molecule has 2 aromatic carbocycles. The van der Waals surface area contributed by atoms with E-state index in [0.717, 1.165) is 6.07 Å². The predicted octanol–water partition coefficient (Wildman–Crippen LogP) is 4.85. The monoisotopic (exact) mass is 460 g/mol. The highest BCUT2D eigenvalue weighted by Gasteiger charge is 2.40. The quantitative estimate of drug-likeness (QED) is 0.557. The van der Waals surface area contributed by atoms with Gasteiger partial charge in [0, 0.05) is 5.92 Å². The van der Waals surface area contributed by atoms with E-state index in [1.807, 2.05) is 13.8 Å². The number of hydrogen-bond acceptors (Lipinski definition) is 5. The molecule has 1 aliphatic rings. The zero-order valence-electron chi connectivity index (χ0n) is 18.6. The van der Waals surface area contributed by atoms with Crippen LogP contribution in [-0.4, -0.2) is 40.4 Å². The van der Waals surface area contributed by atoms with Gasteiger partial charge in [0.05, 0.1) is 36.2 Å². The molecule has 4 rings (SSSR count). The molecule has 0 bridgehead atoms. The molecule has 1 atom stereocenters. The first-order valence-electron chi connectivity index (χ1n) is 10.4. The molecule has 33 heavy (non-hydrogen) atoms. The normalized spacial score (nSPS) is 15.9. The number of carbonyl (C=O) groups excluding carboxylic acids is 1. The highest BCUT2D eigenvalue weighted by molar-refractivity contribution is 6.09. The van der Waals surface area contributed by atoms with Crippen molar-refractivity contribution in [2.45, 2.75) is 39.0 Å². The number of carbonyl (C=O) groups is 1. The van der Waals surface area contributed by atoms with E-state index in [1.165, 1.54) is 24.1 Å². The molecular formula is C23H23F3N4O3. The Hall–Kier alpha value is -3.56. The van der Waals surface area contributed by atoms with Crippen LogP contribution in [-0.2, 0) is 6.18 Å². The number of hydrogen-bond donors (Lipinski definition) is 0. The number of fused-ring (bicyclic) bond motifs is 1. The zero-order valence-corrected chi connectivity index (χ0v) is 18.6. The molecule has 0 saturated carbocycles. The van der Waals surface area contributed by atoms with E-state index in [4.69, 9.17) is 9.47 Å². The van der Waals surface area contributed by atoms with Gasteiger partial charge in [-0.3, -0.25) is 4.79 Å². The van der Waals surface area contributed by atoms with Crippen molar-refractivity contribution in [1.29, 1.82) is 0 Å². The Morgan fingerprint density at radius 2 is 2.00 bits per heavy atom. The summed E-state index contributed by atoms with van der Waals surface area (Å²) in [6.45, 7) is 5.64. The maximum absolute atomic E-state index is 13.6. The number of nitrogens with zero attached hydrogens (tertiary/aromatic N) is 4. The second-order valence-electron chi connectivity index (χ2n) is 8.08. The van der Waals surface area contributed by atoms with Crippen molar-refractivity contribution in [3.63, 3.8) is 0 Å². The largest absolute Gasteiger partial charge is 0.496 e. The number of para-hydroxylation sites is 1. The third kappa shape index (κ3) is 4.24. The van der Waals surface area contributed by atoms with Crippen molar-refractivity contribution in [2.75, 3.05) is 18.6 Å². The van der Waals surface area contributed by atoms with Gasteiger partial charge in [0.15, 0.2) is 11.6 Å². The van der Waals surface area contributed by atoms with Gasteiger partial charge in [0.25, 0.3) is 5.91 Å². The van der Waals surface area contributed by atoms with E-state index in [1.54, 1.807) is 36.1 Å². The van der Waals surface area contributed by atoms with Gasteiger partial charge in [-0.2, -0.15) is 18.3 Å². The molecule has 0 saturated heterocycles. The molecular weight excluding hydrogens is 437 g/mol. The van der Waals surface area contributed by atoms with Crippen molar-refractivity contribution < 1.29 is 27.4 Å². The van der Waals surface area contributed by atoms with E-state index in [0.29, 0.717) is 17.3 Å². The summed E-state index contributed by atoms with van der Waals surface area (Å²) in [5, 5.41) is 4.43. The minimum Gasteiger partial charge on any atom is -0.496 e. The minimum atomic E-state index is -4.62. The molecule has 1 aliphatic heterocycles. The van der Waals surface area contributed by atoms with Gasteiger partial charge in [-0.1, -0.05) is 19.9 Å². The summed E-state index contributed by atoms with van der Waals surface area (Å²) in [4.78, 5) is 19.2. The van der Waals surface area contributed by atoms with Crippen LogP contribution in [0, 0.1) is 0 Å². The Kier molecular flexibility index (Phi) is 5.77. The zero-order chi connectivity index (χ0) is 23.9. The highest BCUT2D eigenvalue weighted by Crippen LogP contribution is 2.44. The molecule has 1 aromatic heterocycles. The Balaban J connectivity index is 1.78. The lowest BCUT2D eigenvalue weighted by Crippen LogP contribution is -2.43. The molecule has 174 valence electrons. The van der Waals surface area contributed by atoms with Crippen molar-refractivity contribution in [2.24, 2.45) is 0 Å². The Morgan fingerprint density at radius 3 is 2.64 bits per heavy atom. The van der Waals surface area contributed by atoms with Crippen molar-refractivity contribution >= 4 is 11.6 Å². The van der Waals surface area contributed by atoms with Crippen molar-refractivity contribution in [1.82, 2.24) is 14.8 Å². The molecule has 1 amide bonds. The number of alkyl halides is 3. The Labute approximate surface area is 188 Å². The summed E-state index contributed by atoms with van der Waals surface area (Å²) < 4.78 is 53.1. The van der Waals surface area contributed by atoms with Crippen molar-refractivity contribution in [3.8, 4) is 17.2 Å². The molecule has 2 heterocycles. The SMILES string of the molecule is COc1ccc(-n2cnc(C(C)C)n2)cc1C(=O)N1C[C@H](C)Oc2c1cccc2C(F)(F)F. The first-order valence-corrected chi connectivity index (χ1v) is 10.4. The molecule has 0 radical (unpaired) electrons. The smallest absolute Gasteiger partial charge is 0.420 e. The summed E-state index contributed by atoms with van der Waals surface area (Å²) in [6, 6.07) is 8.59. The van der Waals surface area contributed by atoms with Crippen LogP contribution in [0.5, 0.6) is 11.5 Å². The van der Waals surface area contributed by atoms with Gasteiger partial charge in [-0.25, -0.2) is 9.67 Å². The number of aromatic nitrogens is 3. The van der Waals surface area contributed by atoms with Crippen LogP contribution in [0.3, 0.4) is 0 Å². The third-order valence-corrected chi connectivity index (χ3v) is 5.30. The number of anilines is 1. The van der Waals surface area contributed by atoms with Crippen LogP contribution in [0.15, 0.2) is 42.7 Å². The summed E-state index contributed by atoms with van der Waals surface area (Å²) in [7, 11) is 1.43. The molecule has 0 N–H and O–H groups in total. The van der Waals surface area contributed by atoms with Gasteiger partial charge < -0.3 is 14.4 Å². The van der Waals surface area contributed by atoms with Crippen LogP contribution in [0.1, 0.15) is 48.4 Å². The third-order valence-electron chi connectivity index (χ3n) is 5.30. The predicted molar refractivity (Wildman–Crippen MR) is 115 cm³/mol. The van der Waals surface area contributed by atoms with Gasteiger partial charge in [-0.15, -0.1) is 0 Å².